The van der Waals surface area contributed by atoms with Crippen molar-refractivity contribution in [3.8, 4) is 0 Å². The van der Waals surface area contributed by atoms with E-state index in [-0.39, 0.29) is 11.9 Å². The number of amides is 1. The summed E-state index contributed by atoms with van der Waals surface area (Å²) in [6.45, 7) is 10.1. The van der Waals surface area contributed by atoms with E-state index in [1.807, 2.05) is 6.92 Å². The molecule has 0 bridgehead atoms. The molecule has 0 radical (unpaired) electrons. The minimum atomic E-state index is -0.130. The Morgan fingerprint density at radius 3 is 2.20 bits per heavy atom. The van der Waals surface area contributed by atoms with Crippen LogP contribution < -0.4 is 16.0 Å². The summed E-state index contributed by atoms with van der Waals surface area (Å²) >= 11 is 0. The van der Waals surface area contributed by atoms with Crippen LogP contribution in [0, 0.1) is 5.92 Å². The molecule has 0 unspecified atom stereocenters. The first-order chi connectivity index (χ1) is 7.02. The van der Waals surface area contributed by atoms with Gasteiger partial charge in [-0.05, 0) is 19.4 Å². The van der Waals surface area contributed by atoms with Crippen LogP contribution in [0.3, 0.4) is 0 Å². The van der Waals surface area contributed by atoms with E-state index in [1.54, 1.807) is 7.05 Å². The quantitative estimate of drug-likeness (QED) is 0.574. The summed E-state index contributed by atoms with van der Waals surface area (Å²) in [5.41, 5.74) is 0. The highest BCUT2D eigenvalue weighted by molar-refractivity contribution is 5.80. The summed E-state index contributed by atoms with van der Waals surface area (Å²) in [6.07, 6.45) is 0. The van der Waals surface area contributed by atoms with Crippen molar-refractivity contribution in [3.63, 3.8) is 0 Å². The fourth-order valence-corrected chi connectivity index (χ4v) is 1.42. The van der Waals surface area contributed by atoms with Crippen molar-refractivity contribution < 1.29 is 4.79 Å². The number of likely N-dealkylation sites (N-methyl/N-ethyl adjacent to an activating group) is 2. The van der Waals surface area contributed by atoms with Gasteiger partial charge >= 0.3 is 0 Å². The van der Waals surface area contributed by atoms with E-state index >= 15 is 0 Å². The lowest BCUT2D eigenvalue weighted by atomic mass is 10.0. The van der Waals surface area contributed by atoms with Gasteiger partial charge in [-0.1, -0.05) is 20.8 Å². The first-order valence-corrected chi connectivity index (χ1v) is 5.71. The molecular weight excluding hydrogens is 190 g/mol. The Balaban J connectivity index is 3.93. The Morgan fingerprint density at radius 1 is 1.20 bits per heavy atom. The van der Waals surface area contributed by atoms with E-state index in [2.05, 4.69) is 36.7 Å². The Bertz CT molecular complexity index is 183. The summed E-state index contributed by atoms with van der Waals surface area (Å²) < 4.78 is 0. The molecule has 0 fully saturated rings. The second kappa shape index (κ2) is 7.65. The van der Waals surface area contributed by atoms with Gasteiger partial charge in [0.25, 0.3) is 0 Å². The van der Waals surface area contributed by atoms with Crippen LogP contribution in [0.2, 0.25) is 0 Å². The maximum absolute atomic E-state index is 11.3. The first-order valence-electron chi connectivity index (χ1n) is 5.71. The Kier molecular flexibility index (Phi) is 7.34. The maximum Gasteiger partial charge on any atom is 0.236 e. The van der Waals surface area contributed by atoms with E-state index in [1.165, 1.54) is 0 Å². The fraction of sp³-hybridized carbons (Fsp3) is 0.909. The average molecular weight is 215 g/mol. The van der Waals surface area contributed by atoms with Gasteiger partial charge in [-0.3, -0.25) is 4.79 Å². The van der Waals surface area contributed by atoms with Crippen LogP contribution in [0.1, 0.15) is 27.7 Å². The van der Waals surface area contributed by atoms with E-state index in [0.29, 0.717) is 12.0 Å². The number of carbonyl (C=O) groups excluding carboxylic acids is 1. The molecule has 3 N–H and O–H groups in total. The maximum atomic E-state index is 11.3. The molecule has 0 spiro atoms. The van der Waals surface area contributed by atoms with Crippen molar-refractivity contribution in [2.24, 2.45) is 5.92 Å². The molecule has 0 saturated heterocycles. The van der Waals surface area contributed by atoms with Crippen molar-refractivity contribution in [2.45, 2.75) is 39.8 Å². The SMILES string of the molecule is CCN[C@H](CN[C@@H](C)C(=O)NC)C(C)C. The minimum Gasteiger partial charge on any atom is -0.358 e. The van der Waals surface area contributed by atoms with Gasteiger partial charge in [0.15, 0.2) is 0 Å². The summed E-state index contributed by atoms with van der Waals surface area (Å²) in [7, 11) is 1.66. The second-order valence-corrected chi connectivity index (χ2v) is 4.15. The molecule has 0 heterocycles. The zero-order chi connectivity index (χ0) is 11.8. The van der Waals surface area contributed by atoms with Gasteiger partial charge in [0.2, 0.25) is 5.91 Å². The number of nitrogens with one attached hydrogen (secondary N) is 3. The molecule has 2 atom stereocenters. The molecule has 0 rings (SSSR count). The van der Waals surface area contributed by atoms with Gasteiger partial charge in [0, 0.05) is 19.6 Å². The third kappa shape index (κ3) is 5.74. The van der Waals surface area contributed by atoms with E-state index in [4.69, 9.17) is 0 Å². The lowest BCUT2D eigenvalue weighted by Gasteiger charge is -2.24. The number of hydrogen-bond acceptors (Lipinski definition) is 3. The van der Waals surface area contributed by atoms with Gasteiger partial charge in [-0.15, -0.1) is 0 Å². The van der Waals surface area contributed by atoms with E-state index in [9.17, 15) is 4.79 Å². The smallest absolute Gasteiger partial charge is 0.236 e. The summed E-state index contributed by atoms with van der Waals surface area (Å²) in [5.74, 6) is 0.600. The van der Waals surface area contributed by atoms with Crippen LogP contribution in [0.15, 0.2) is 0 Å². The molecule has 0 aromatic carbocycles. The Morgan fingerprint density at radius 2 is 1.80 bits per heavy atom. The third-order valence-electron chi connectivity index (χ3n) is 2.55. The normalized spacial score (nSPS) is 15.1. The van der Waals surface area contributed by atoms with E-state index in [0.717, 1.165) is 13.1 Å². The molecule has 1 amide bonds. The van der Waals surface area contributed by atoms with Gasteiger partial charge in [-0.2, -0.15) is 0 Å². The molecule has 90 valence electrons. The van der Waals surface area contributed by atoms with Crippen molar-refractivity contribution >= 4 is 5.91 Å². The molecule has 15 heavy (non-hydrogen) atoms. The van der Waals surface area contributed by atoms with Crippen LogP contribution in [0.5, 0.6) is 0 Å². The highest BCUT2D eigenvalue weighted by Gasteiger charge is 2.15. The number of rotatable bonds is 7. The van der Waals surface area contributed by atoms with Crippen LogP contribution in [-0.2, 0) is 4.79 Å². The first kappa shape index (κ1) is 14.4. The third-order valence-corrected chi connectivity index (χ3v) is 2.55. The molecule has 0 aliphatic rings. The predicted octanol–water partition coefficient (Wildman–Crippen LogP) is 0.345. The fourth-order valence-electron chi connectivity index (χ4n) is 1.42. The molecular formula is C11H25N3O. The molecule has 0 aromatic rings. The lowest BCUT2D eigenvalue weighted by molar-refractivity contribution is -0.122. The Hall–Kier alpha value is -0.610. The summed E-state index contributed by atoms with van der Waals surface area (Å²) in [6, 6.07) is 0.289. The molecule has 0 aliphatic heterocycles. The number of hydrogen-bond donors (Lipinski definition) is 3. The van der Waals surface area contributed by atoms with Crippen molar-refractivity contribution in [3.05, 3.63) is 0 Å². The highest BCUT2D eigenvalue weighted by Crippen LogP contribution is 2.00. The molecule has 4 heteroatoms. The lowest BCUT2D eigenvalue weighted by Crippen LogP contribution is -2.48. The van der Waals surface area contributed by atoms with Crippen molar-refractivity contribution in [1.29, 1.82) is 0 Å². The largest absolute Gasteiger partial charge is 0.358 e. The highest BCUT2D eigenvalue weighted by atomic mass is 16.2. The average Bonchev–Trinajstić information content (AvgIpc) is 2.21. The topological polar surface area (TPSA) is 53.2 Å². The second-order valence-electron chi connectivity index (χ2n) is 4.15. The molecule has 0 aromatic heterocycles. The van der Waals surface area contributed by atoms with Crippen LogP contribution in [0.4, 0.5) is 0 Å². The van der Waals surface area contributed by atoms with Crippen molar-refractivity contribution in [1.82, 2.24) is 16.0 Å². The van der Waals surface area contributed by atoms with Gasteiger partial charge in [-0.25, -0.2) is 0 Å². The van der Waals surface area contributed by atoms with Crippen molar-refractivity contribution in [2.75, 3.05) is 20.1 Å². The molecule has 4 nitrogen and oxygen atoms in total. The monoisotopic (exact) mass is 215 g/mol. The van der Waals surface area contributed by atoms with Gasteiger partial charge in [0.1, 0.15) is 0 Å². The van der Waals surface area contributed by atoms with Crippen LogP contribution in [-0.4, -0.2) is 38.1 Å². The predicted molar refractivity (Wildman–Crippen MR) is 63.8 cm³/mol. The molecule has 0 aliphatic carbocycles. The van der Waals surface area contributed by atoms with Crippen LogP contribution >= 0.6 is 0 Å². The summed E-state index contributed by atoms with van der Waals surface area (Å²) in [5, 5.41) is 9.25. The van der Waals surface area contributed by atoms with Gasteiger partial charge in [0.05, 0.1) is 6.04 Å². The van der Waals surface area contributed by atoms with Crippen LogP contribution in [0.25, 0.3) is 0 Å². The van der Waals surface area contributed by atoms with Gasteiger partial charge < -0.3 is 16.0 Å². The zero-order valence-corrected chi connectivity index (χ0v) is 10.6. The standard InChI is InChI=1S/C11H25N3O/c1-6-13-10(8(2)3)7-14-9(4)11(15)12-5/h8-10,13-14H,6-7H2,1-5H3,(H,12,15)/t9-,10+/m0/s1. The number of carbonyl (C=O) groups is 1. The molecule has 0 saturated carbocycles. The minimum absolute atomic E-state index is 0.0361. The Labute approximate surface area is 93.2 Å². The zero-order valence-electron chi connectivity index (χ0n) is 10.6. The summed E-state index contributed by atoms with van der Waals surface area (Å²) in [4.78, 5) is 11.3. The van der Waals surface area contributed by atoms with E-state index < -0.39 is 0 Å².